The Balaban J connectivity index is 1.26. The van der Waals surface area contributed by atoms with Gasteiger partial charge in [-0.2, -0.15) is 0 Å². The number of aliphatic hydroxyl groups is 1. The summed E-state index contributed by atoms with van der Waals surface area (Å²) < 4.78 is 6.08. The topological polar surface area (TPSA) is 29.5 Å². The third-order valence-corrected chi connectivity index (χ3v) is 6.58. The molecule has 2 aliphatic carbocycles. The second kappa shape index (κ2) is 13.1. The summed E-state index contributed by atoms with van der Waals surface area (Å²) in [7, 11) is 0. The van der Waals surface area contributed by atoms with Crippen molar-refractivity contribution in [2.75, 3.05) is 6.61 Å². The zero-order valence-corrected chi connectivity index (χ0v) is 16.9. The van der Waals surface area contributed by atoms with Crippen molar-refractivity contribution in [2.45, 2.75) is 128 Å². The molecule has 2 bridgehead atoms. The van der Waals surface area contributed by atoms with Crippen molar-refractivity contribution in [2.24, 2.45) is 11.8 Å². The van der Waals surface area contributed by atoms with Gasteiger partial charge >= 0.3 is 0 Å². The van der Waals surface area contributed by atoms with Crippen molar-refractivity contribution in [3.8, 4) is 0 Å². The molecule has 2 rings (SSSR count). The molecule has 0 amide bonds. The van der Waals surface area contributed by atoms with Crippen molar-refractivity contribution in [1.82, 2.24) is 0 Å². The van der Waals surface area contributed by atoms with Crippen LogP contribution in [0.25, 0.3) is 0 Å². The molecular formula is C23H44O2. The minimum atomic E-state index is -0.0223. The number of hydrogen-bond acceptors (Lipinski definition) is 2. The largest absolute Gasteiger partial charge is 0.393 e. The number of aliphatic hydroxyl groups excluding tert-OH is 1. The highest BCUT2D eigenvalue weighted by Gasteiger charge is 2.45. The van der Waals surface area contributed by atoms with E-state index in [-0.39, 0.29) is 6.10 Å². The Hall–Kier alpha value is -0.0800. The highest BCUT2D eigenvalue weighted by molar-refractivity contribution is 4.96. The first-order valence-corrected chi connectivity index (χ1v) is 11.6. The summed E-state index contributed by atoms with van der Waals surface area (Å²) in [4.78, 5) is 0. The summed E-state index contributed by atoms with van der Waals surface area (Å²) in [6.45, 7) is 3.24. The van der Waals surface area contributed by atoms with Crippen molar-refractivity contribution >= 4 is 0 Å². The maximum Gasteiger partial charge on any atom is 0.0607 e. The molecule has 2 saturated carbocycles. The first kappa shape index (κ1) is 21.2. The van der Waals surface area contributed by atoms with Gasteiger partial charge in [0.05, 0.1) is 12.2 Å². The molecule has 0 aliphatic heterocycles. The van der Waals surface area contributed by atoms with Gasteiger partial charge in [-0.25, -0.2) is 0 Å². The van der Waals surface area contributed by atoms with E-state index in [9.17, 15) is 5.11 Å². The van der Waals surface area contributed by atoms with Gasteiger partial charge in [-0.05, 0) is 37.5 Å². The van der Waals surface area contributed by atoms with Crippen LogP contribution in [0, 0.1) is 11.8 Å². The molecule has 0 saturated heterocycles. The third-order valence-electron chi connectivity index (χ3n) is 6.58. The molecule has 0 aromatic rings. The van der Waals surface area contributed by atoms with Crippen LogP contribution in [0.3, 0.4) is 0 Å². The lowest BCUT2D eigenvalue weighted by Gasteiger charge is -2.25. The van der Waals surface area contributed by atoms with E-state index < -0.39 is 0 Å². The van der Waals surface area contributed by atoms with Gasteiger partial charge in [-0.15, -0.1) is 0 Å². The highest BCUT2D eigenvalue weighted by Crippen LogP contribution is 2.46. The summed E-state index contributed by atoms with van der Waals surface area (Å²) in [6, 6.07) is 0. The van der Waals surface area contributed by atoms with Crippen LogP contribution in [-0.2, 0) is 4.74 Å². The summed E-state index contributed by atoms with van der Waals surface area (Å²) in [5.41, 5.74) is 0. The molecule has 1 N–H and O–H groups in total. The third kappa shape index (κ3) is 8.43. The van der Waals surface area contributed by atoms with Gasteiger partial charge in [0, 0.05) is 6.61 Å². The van der Waals surface area contributed by atoms with Gasteiger partial charge in [-0.1, -0.05) is 90.4 Å². The maximum atomic E-state index is 9.79. The summed E-state index contributed by atoms with van der Waals surface area (Å²) >= 11 is 0. The van der Waals surface area contributed by atoms with Crippen LogP contribution in [0.4, 0.5) is 0 Å². The number of ether oxygens (including phenoxy) is 1. The van der Waals surface area contributed by atoms with Crippen LogP contribution < -0.4 is 0 Å². The van der Waals surface area contributed by atoms with Crippen LogP contribution in [0.5, 0.6) is 0 Å². The lowest BCUT2D eigenvalue weighted by atomic mass is 9.95. The predicted molar refractivity (Wildman–Crippen MR) is 107 cm³/mol. The number of rotatable bonds is 16. The average Bonchev–Trinajstić information content (AvgIpc) is 3.17. The molecule has 4 unspecified atom stereocenters. The molecule has 0 spiro atoms. The minimum Gasteiger partial charge on any atom is -0.393 e. The standard InChI is InChI=1S/C23H44O2/c1-2-3-4-5-6-7-8-9-10-11-12-13-14-15-16-25-23-19-20-17-21(23)18-22(20)24/h20-24H,2-19H2,1H3. The van der Waals surface area contributed by atoms with E-state index >= 15 is 0 Å². The first-order valence-electron chi connectivity index (χ1n) is 11.6. The van der Waals surface area contributed by atoms with E-state index in [0.717, 1.165) is 19.4 Å². The van der Waals surface area contributed by atoms with E-state index in [1.165, 1.54) is 96.3 Å². The zero-order valence-electron chi connectivity index (χ0n) is 16.9. The molecule has 0 aromatic heterocycles. The molecule has 2 nitrogen and oxygen atoms in total. The number of hydrogen-bond donors (Lipinski definition) is 1. The van der Waals surface area contributed by atoms with E-state index in [2.05, 4.69) is 6.92 Å². The fraction of sp³-hybridized carbons (Fsp3) is 1.00. The minimum absolute atomic E-state index is 0.0223. The summed E-state index contributed by atoms with van der Waals surface area (Å²) in [6.07, 6.45) is 23.5. The van der Waals surface area contributed by atoms with Crippen LogP contribution in [0.15, 0.2) is 0 Å². The Bertz CT molecular complexity index is 315. The fourth-order valence-electron chi connectivity index (χ4n) is 4.93. The van der Waals surface area contributed by atoms with Gasteiger partial charge in [0.15, 0.2) is 0 Å². The smallest absolute Gasteiger partial charge is 0.0607 e. The van der Waals surface area contributed by atoms with E-state index in [1.54, 1.807) is 0 Å². The van der Waals surface area contributed by atoms with Crippen LogP contribution >= 0.6 is 0 Å². The quantitative estimate of drug-likeness (QED) is 0.315. The normalized spacial score (nSPS) is 28.1. The van der Waals surface area contributed by atoms with Crippen molar-refractivity contribution in [3.63, 3.8) is 0 Å². The molecule has 0 aromatic carbocycles. The SMILES string of the molecule is CCCCCCCCCCCCCCCCOC1CC2CC1CC2O. The zero-order chi connectivity index (χ0) is 17.7. The Labute approximate surface area is 157 Å². The van der Waals surface area contributed by atoms with Crippen LogP contribution in [0.1, 0.15) is 116 Å². The molecule has 148 valence electrons. The Morgan fingerprint density at radius 1 is 0.640 bits per heavy atom. The second-order valence-electron chi connectivity index (χ2n) is 8.80. The summed E-state index contributed by atoms with van der Waals surface area (Å²) in [5, 5.41) is 9.79. The van der Waals surface area contributed by atoms with Gasteiger partial charge in [0.25, 0.3) is 0 Å². The Morgan fingerprint density at radius 2 is 1.16 bits per heavy atom. The molecule has 4 atom stereocenters. The number of fused-ring (bicyclic) bond motifs is 2. The Kier molecular flexibility index (Phi) is 11.2. The second-order valence-corrected chi connectivity index (χ2v) is 8.80. The van der Waals surface area contributed by atoms with Crippen LogP contribution in [-0.4, -0.2) is 23.9 Å². The van der Waals surface area contributed by atoms with Gasteiger partial charge < -0.3 is 9.84 Å². The summed E-state index contributed by atoms with van der Waals surface area (Å²) in [5.74, 6) is 1.21. The van der Waals surface area contributed by atoms with Crippen LogP contribution in [0.2, 0.25) is 0 Å². The average molecular weight is 353 g/mol. The predicted octanol–water partition coefficient (Wildman–Crippen LogP) is 6.64. The molecule has 2 aliphatic rings. The van der Waals surface area contributed by atoms with E-state index in [0.29, 0.717) is 17.9 Å². The molecule has 2 fully saturated rings. The van der Waals surface area contributed by atoms with Crippen molar-refractivity contribution < 1.29 is 9.84 Å². The molecule has 0 radical (unpaired) electrons. The lowest BCUT2D eigenvalue weighted by Crippen LogP contribution is -2.27. The molecule has 0 heterocycles. The van der Waals surface area contributed by atoms with Gasteiger partial charge in [0.2, 0.25) is 0 Å². The maximum absolute atomic E-state index is 9.79. The molecule has 25 heavy (non-hydrogen) atoms. The van der Waals surface area contributed by atoms with E-state index in [4.69, 9.17) is 4.74 Å². The van der Waals surface area contributed by atoms with Gasteiger partial charge in [-0.3, -0.25) is 0 Å². The first-order chi connectivity index (χ1) is 12.3. The highest BCUT2D eigenvalue weighted by atomic mass is 16.5. The van der Waals surface area contributed by atoms with Gasteiger partial charge in [0.1, 0.15) is 0 Å². The molecule has 2 heteroatoms. The monoisotopic (exact) mass is 352 g/mol. The lowest BCUT2D eigenvalue weighted by molar-refractivity contribution is -0.0126. The van der Waals surface area contributed by atoms with E-state index in [1.807, 2.05) is 0 Å². The van der Waals surface area contributed by atoms with Crippen molar-refractivity contribution in [3.05, 3.63) is 0 Å². The fourth-order valence-corrected chi connectivity index (χ4v) is 4.93. The van der Waals surface area contributed by atoms with Crippen molar-refractivity contribution in [1.29, 1.82) is 0 Å². The number of unbranched alkanes of at least 4 members (excludes halogenated alkanes) is 13. The molecular weight excluding hydrogens is 308 g/mol. The Morgan fingerprint density at radius 3 is 1.60 bits per heavy atom.